The fourth-order valence-electron chi connectivity index (χ4n) is 3.98. The van der Waals surface area contributed by atoms with Crippen LogP contribution in [0.25, 0.3) is 21.8 Å². The number of benzene rings is 1. The molecule has 130 valence electrons. The van der Waals surface area contributed by atoms with Crippen molar-refractivity contribution in [3.8, 4) is 5.88 Å². The van der Waals surface area contributed by atoms with Crippen LogP contribution in [0.2, 0.25) is 0 Å². The minimum atomic E-state index is -0.349. The maximum absolute atomic E-state index is 11.2. The highest BCUT2D eigenvalue weighted by Crippen LogP contribution is 2.41. The van der Waals surface area contributed by atoms with Crippen LogP contribution in [0.1, 0.15) is 37.4 Å². The van der Waals surface area contributed by atoms with E-state index in [0.717, 1.165) is 66.1 Å². The van der Waals surface area contributed by atoms with Gasteiger partial charge in [0.05, 0.1) is 22.9 Å². The first-order chi connectivity index (χ1) is 12.2. The van der Waals surface area contributed by atoms with Crippen LogP contribution in [0.5, 0.6) is 5.88 Å². The van der Waals surface area contributed by atoms with Gasteiger partial charge in [0.1, 0.15) is 0 Å². The van der Waals surface area contributed by atoms with Crippen LogP contribution in [0.4, 0.5) is 5.69 Å². The molecule has 0 saturated heterocycles. The van der Waals surface area contributed by atoms with E-state index in [2.05, 4.69) is 11.5 Å². The van der Waals surface area contributed by atoms with Crippen molar-refractivity contribution >= 4 is 27.5 Å². The number of hydrogen-bond donors (Lipinski definition) is 0. The summed E-state index contributed by atoms with van der Waals surface area (Å²) in [5, 5.41) is 13.0. The van der Waals surface area contributed by atoms with Gasteiger partial charge in [-0.15, -0.1) is 0 Å². The van der Waals surface area contributed by atoms with Crippen molar-refractivity contribution in [3.63, 3.8) is 0 Å². The summed E-state index contributed by atoms with van der Waals surface area (Å²) in [4.78, 5) is 15.7. The third-order valence-corrected chi connectivity index (χ3v) is 5.11. The number of pyridine rings is 1. The predicted octanol–water partition coefficient (Wildman–Crippen LogP) is 4.40. The number of non-ortho nitro benzene ring substituents is 1. The summed E-state index contributed by atoms with van der Waals surface area (Å²) in [5.74, 6) is 0.580. The number of unbranched alkanes of at least 4 members (excludes halogenated alkanes) is 1. The first-order valence-corrected chi connectivity index (χ1v) is 8.81. The number of aryl methyl sites for hydroxylation is 3. The molecule has 0 spiro atoms. The minimum Gasteiger partial charge on any atom is -0.480 e. The maximum Gasteiger partial charge on any atom is 0.270 e. The number of nitrogens with zero attached hydrogens (tertiary/aromatic N) is 3. The second-order valence-corrected chi connectivity index (χ2v) is 6.59. The smallest absolute Gasteiger partial charge is 0.270 e. The number of nitro groups is 1. The van der Waals surface area contributed by atoms with Gasteiger partial charge in [-0.25, -0.2) is 4.98 Å². The monoisotopic (exact) mass is 339 g/mol. The van der Waals surface area contributed by atoms with Crippen LogP contribution >= 0.6 is 0 Å². The van der Waals surface area contributed by atoms with Crippen molar-refractivity contribution in [2.75, 3.05) is 7.11 Å². The molecular weight excluding hydrogens is 318 g/mol. The SMILES string of the molecule is CCCCc1nc(OC)c2c3cc([N+](=O)[O-])ccc3n3c2c1CCC3. The highest BCUT2D eigenvalue weighted by Gasteiger charge is 2.25. The number of nitro benzene ring substituents is 1. The summed E-state index contributed by atoms with van der Waals surface area (Å²) in [6.07, 6.45) is 5.23. The number of aromatic nitrogens is 2. The van der Waals surface area contributed by atoms with E-state index < -0.39 is 0 Å². The first kappa shape index (κ1) is 15.9. The van der Waals surface area contributed by atoms with Gasteiger partial charge >= 0.3 is 0 Å². The van der Waals surface area contributed by atoms with Gasteiger partial charge < -0.3 is 9.30 Å². The van der Waals surface area contributed by atoms with Crippen molar-refractivity contribution in [2.24, 2.45) is 0 Å². The number of rotatable bonds is 5. The number of fused-ring (bicyclic) bond motifs is 3. The normalized spacial score (nSPS) is 13.5. The van der Waals surface area contributed by atoms with E-state index in [-0.39, 0.29) is 10.6 Å². The molecule has 0 bridgehead atoms. The summed E-state index contributed by atoms with van der Waals surface area (Å²) in [5.41, 5.74) is 4.68. The quantitative estimate of drug-likeness (QED) is 0.510. The predicted molar refractivity (Wildman–Crippen MR) is 97.4 cm³/mol. The van der Waals surface area contributed by atoms with Gasteiger partial charge in [-0.05, 0) is 37.3 Å². The largest absolute Gasteiger partial charge is 0.480 e. The minimum absolute atomic E-state index is 0.101. The Kier molecular flexibility index (Phi) is 3.82. The lowest BCUT2D eigenvalue weighted by molar-refractivity contribution is -0.384. The summed E-state index contributed by atoms with van der Waals surface area (Å²) in [6, 6.07) is 5.09. The lowest BCUT2D eigenvalue weighted by Crippen LogP contribution is -2.11. The molecule has 3 heterocycles. The van der Waals surface area contributed by atoms with Crippen LogP contribution in [0.3, 0.4) is 0 Å². The van der Waals surface area contributed by atoms with Gasteiger partial charge in [0.15, 0.2) is 0 Å². The standard InChI is InChI=1S/C19H21N3O3/c1-3-4-7-15-13-6-5-10-21-16-9-8-12(22(23)24)11-14(16)17(18(13)21)19(20-15)25-2/h8-9,11H,3-7,10H2,1-2H3. The Balaban J connectivity index is 2.10. The molecule has 1 aliphatic rings. The Labute approximate surface area is 145 Å². The summed E-state index contributed by atoms with van der Waals surface area (Å²) in [7, 11) is 1.62. The van der Waals surface area contributed by atoms with Crippen LogP contribution in [-0.4, -0.2) is 21.6 Å². The van der Waals surface area contributed by atoms with E-state index in [0.29, 0.717) is 5.88 Å². The highest BCUT2D eigenvalue weighted by molar-refractivity contribution is 6.12. The van der Waals surface area contributed by atoms with Crippen LogP contribution in [0.15, 0.2) is 18.2 Å². The van der Waals surface area contributed by atoms with Crippen molar-refractivity contribution in [3.05, 3.63) is 39.6 Å². The average molecular weight is 339 g/mol. The number of hydrogen-bond acceptors (Lipinski definition) is 4. The van der Waals surface area contributed by atoms with Crippen molar-refractivity contribution in [2.45, 2.75) is 45.6 Å². The summed E-state index contributed by atoms with van der Waals surface area (Å²) < 4.78 is 7.88. The summed E-state index contributed by atoms with van der Waals surface area (Å²) >= 11 is 0. The van der Waals surface area contributed by atoms with Crippen LogP contribution in [0, 0.1) is 10.1 Å². The lowest BCUT2D eigenvalue weighted by Gasteiger charge is -2.20. The van der Waals surface area contributed by atoms with Gasteiger partial charge in [0.25, 0.3) is 5.69 Å². The molecule has 0 atom stereocenters. The van der Waals surface area contributed by atoms with Crippen LogP contribution in [-0.2, 0) is 19.4 Å². The van der Waals surface area contributed by atoms with E-state index in [1.165, 1.54) is 5.56 Å². The molecule has 25 heavy (non-hydrogen) atoms. The molecule has 1 aromatic carbocycles. The fourth-order valence-corrected chi connectivity index (χ4v) is 3.98. The Morgan fingerprint density at radius 2 is 2.24 bits per heavy atom. The van der Waals surface area contributed by atoms with E-state index in [4.69, 9.17) is 9.72 Å². The number of methoxy groups -OCH3 is 1. The van der Waals surface area contributed by atoms with Gasteiger partial charge in [-0.1, -0.05) is 13.3 Å². The fraction of sp³-hybridized carbons (Fsp3) is 0.421. The molecule has 0 N–H and O–H groups in total. The molecule has 0 unspecified atom stereocenters. The molecule has 0 saturated carbocycles. The van der Waals surface area contributed by atoms with Crippen molar-refractivity contribution in [1.82, 2.24) is 9.55 Å². The van der Waals surface area contributed by atoms with Gasteiger partial charge in [0, 0.05) is 35.3 Å². The van der Waals surface area contributed by atoms with Crippen molar-refractivity contribution in [1.29, 1.82) is 0 Å². The molecule has 6 heteroatoms. The average Bonchev–Trinajstić information content (AvgIpc) is 2.97. The molecule has 3 aromatic rings. The zero-order valence-electron chi connectivity index (χ0n) is 14.5. The zero-order valence-corrected chi connectivity index (χ0v) is 14.5. The molecular formula is C19H21N3O3. The zero-order chi connectivity index (χ0) is 17.6. The Morgan fingerprint density at radius 3 is 2.96 bits per heavy atom. The second kappa shape index (κ2) is 6.02. The molecule has 4 rings (SSSR count). The molecule has 0 fully saturated rings. The molecule has 6 nitrogen and oxygen atoms in total. The Morgan fingerprint density at radius 1 is 1.40 bits per heavy atom. The maximum atomic E-state index is 11.2. The van der Waals surface area contributed by atoms with E-state index in [9.17, 15) is 10.1 Å². The van der Waals surface area contributed by atoms with E-state index in [1.807, 2.05) is 6.07 Å². The van der Waals surface area contributed by atoms with Gasteiger partial charge in [0.2, 0.25) is 5.88 Å². The number of ether oxygens (including phenoxy) is 1. The Hall–Kier alpha value is -2.63. The highest BCUT2D eigenvalue weighted by atomic mass is 16.6. The third kappa shape index (κ3) is 2.35. The Bertz CT molecular complexity index is 991. The summed E-state index contributed by atoms with van der Waals surface area (Å²) in [6.45, 7) is 3.10. The van der Waals surface area contributed by atoms with E-state index >= 15 is 0 Å². The van der Waals surface area contributed by atoms with E-state index in [1.54, 1.807) is 19.2 Å². The van der Waals surface area contributed by atoms with Gasteiger partial charge in [-0.2, -0.15) is 0 Å². The van der Waals surface area contributed by atoms with Crippen molar-refractivity contribution < 1.29 is 9.66 Å². The molecule has 0 amide bonds. The molecule has 1 aliphatic heterocycles. The van der Waals surface area contributed by atoms with Crippen LogP contribution < -0.4 is 4.74 Å². The second-order valence-electron chi connectivity index (χ2n) is 6.59. The lowest BCUT2D eigenvalue weighted by atomic mass is 9.99. The molecule has 0 radical (unpaired) electrons. The first-order valence-electron chi connectivity index (χ1n) is 8.81. The molecule has 0 aliphatic carbocycles. The molecule has 2 aromatic heterocycles. The third-order valence-electron chi connectivity index (χ3n) is 5.11. The topological polar surface area (TPSA) is 70.2 Å². The van der Waals surface area contributed by atoms with Gasteiger partial charge in [-0.3, -0.25) is 10.1 Å².